The molecular formula is C13H20N2. The van der Waals surface area contributed by atoms with Crippen molar-refractivity contribution < 1.29 is 0 Å². The summed E-state index contributed by atoms with van der Waals surface area (Å²) in [6.45, 7) is 10.3. The lowest BCUT2D eigenvalue weighted by atomic mass is 10.0. The Kier molecular flexibility index (Phi) is 3.89. The molecule has 15 heavy (non-hydrogen) atoms. The molecule has 0 aliphatic rings. The van der Waals surface area contributed by atoms with Crippen LogP contribution in [0.4, 0.5) is 0 Å². The Morgan fingerprint density at radius 2 is 2.13 bits per heavy atom. The first-order valence-electron chi connectivity index (χ1n) is 5.43. The van der Waals surface area contributed by atoms with Crippen molar-refractivity contribution in [3.05, 3.63) is 35.7 Å². The summed E-state index contributed by atoms with van der Waals surface area (Å²) in [5, 5.41) is 7.37. The highest BCUT2D eigenvalue weighted by Crippen LogP contribution is 2.21. The van der Waals surface area contributed by atoms with E-state index in [0.717, 1.165) is 17.7 Å². The summed E-state index contributed by atoms with van der Waals surface area (Å²) in [5.74, 6) is 0.914. The van der Waals surface area contributed by atoms with Gasteiger partial charge in [-0.15, -0.1) is 6.58 Å². The topological polar surface area (TPSA) is 39.6 Å². The molecule has 2 N–H and O–H groups in total. The third-order valence-electron chi connectivity index (χ3n) is 2.53. The number of aromatic nitrogens is 1. The Labute approximate surface area is 91.9 Å². The first kappa shape index (κ1) is 11.8. The second-order valence-electron chi connectivity index (χ2n) is 4.43. The zero-order chi connectivity index (χ0) is 11.4. The molecule has 0 amide bonds. The minimum absolute atomic E-state index is 0.280. The molecule has 1 atom stereocenters. The van der Waals surface area contributed by atoms with Gasteiger partial charge in [0.2, 0.25) is 0 Å². The van der Waals surface area contributed by atoms with E-state index in [0.29, 0.717) is 5.92 Å². The average molecular weight is 204 g/mol. The Balaban J connectivity index is 2.99. The lowest BCUT2D eigenvalue weighted by molar-refractivity contribution is 0.636. The van der Waals surface area contributed by atoms with Gasteiger partial charge in [-0.3, -0.25) is 0 Å². The Morgan fingerprint density at radius 1 is 1.47 bits per heavy atom. The van der Waals surface area contributed by atoms with Gasteiger partial charge in [0, 0.05) is 29.1 Å². The largest absolute Gasteiger partial charge is 0.361 e. The minimum Gasteiger partial charge on any atom is -0.361 e. The molecule has 0 spiro atoms. The average Bonchev–Trinajstić information content (AvgIpc) is 2.58. The van der Waals surface area contributed by atoms with Crippen LogP contribution in [-0.4, -0.2) is 11.2 Å². The summed E-state index contributed by atoms with van der Waals surface area (Å²) in [7, 11) is 0. The number of hydrogen-bond acceptors (Lipinski definition) is 1. The summed E-state index contributed by atoms with van der Waals surface area (Å²) in [4.78, 5) is 3.39. The highest BCUT2D eigenvalue weighted by molar-refractivity contribution is 5.79. The standard InChI is InChI=1S/C13H20N2/c1-5-10(4)13-11(8-14)7-12(15-13)6-9(2)3/h5,7-10,14-15H,1,6H2,2-4H3. The molecule has 0 aliphatic heterocycles. The molecule has 2 nitrogen and oxygen atoms in total. The predicted molar refractivity (Wildman–Crippen MR) is 65.8 cm³/mol. The second kappa shape index (κ2) is 4.96. The van der Waals surface area contributed by atoms with Crippen molar-refractivity contribution >= 4 is 6.21 Å². The summed E-state index contributed by atoms with van der Waals surface area (Å²) >= 11 is 0. The highest BCUT2D eigenvalue weighted by atomic mass is 14.7. The van der Waals surface area contributed by atoms with Crippen LogP contribution in [0, 0.1) is 11.3 Å². The Morgan fingerprint density at radius 3 is 2.60 bits per heavy atom. The van der Waals surface area contributed by atoms with E-state index in [1.807, 2.05) is 6.08 Å². The van der Waals surface area contributed by atoms with Crippen LogP contribution in [0.2, 0.25) is 0 Å². The fourth-order valence-corrected chi connectivity index (χ4v) is 1.71. The SMILES string of the molecule is C=CC(C)c1[nH]c(CC(C)C)cc1C=N. The second-order valence-corrected chi connectivity index (χ2v) is 4.43. The fraction of sp³-hybridized carbons (Fsp3) is 0.462. The molecule has 0 saturated heterocycles. The lowest BCUT2D eigenvalue weighted by Crippen LogP contribution is -1.96. The number of H-pyrrole nitrogens is 1. The first-order chi connectivity index (χ1) is 7.08. The zero-order valence-corrected chi connectivity index (χ0v) is 9.80. The summed E-state index contributed by atoms with van der Waals surface area (Å²) in [5.41, 5.74) is 3.31. The third kappa shape index (κ3) is 2.82. The van der Waals surface area contributed by atoms with Crippen molar-refractivity contribution in [2.45, 2.75) is 33.1 Å². The number of aromatic amines is 1. The van der Waals surface area contributed by atoms with E-state index in [1.54, 1.807) is 0 Å². The number of allylic oxidation sites excluding steroid dienone is 1. The molecule has 82 valence electrons. The van der Waals surface area contributed by atoms with Gasteiger partial charge < -0.3 is 10.4 Å². The van der Waals surface area contributed by atoms with Crippen LogP contribution in [0.15, 0.2) is 18.7 Å². The normalized spacial score (nSPS) is 12.8. The predicted octanol–water partition coefficient (Wildman–Crippen LogP) is 3.50. The van der Waals surface area contributed by atoms with Crippen molar-refractivity contribution in [3.63, 3.8) is 0 Å². The van der Waals surface area contributed by atoms with Crippen LogP contribution in [-0.2, 0) is 6.42 Å². The van der Waals surface area contributed by atoms with E-state index in [1.165, 1.54) is 11.9 Å². The third-order valence-corrected chi connectivity index (χ3v) is 2.53. The molecular weight excluding hydrogens is 184 g/mol. The molecule has 1 rings (SSSR count). The molecule has 0 aromatic carbocycles. The molecule has 0 fully saturated rings. The van der Waals surface area contributed by atoms with Gasteiger partial charge >= 0.3 is 0 Å². The summed E-state index contributed by atoms with van der Waals surface area (Å²) in [6, 6.07) is 2.07. The van der Waals surface area contributed by atoms with Gasteiger partial charge in [-0.05, 0) is 18.4 Å². The molecule has 1 heterocycles. The molecule has 0 aliphatic carbocycles. The first-order valence-corrected chi connectivity index (χ1v) is 5.43. The number of nitrogens with one attached hydrogen (secondary N) is 2. The molecule has 0 bridgehead atoms. The van der Waals surface area contributed by atoms with Gasteiger partial charge in [-0.1, -0.05) is 26.8 Å². The Bertz CT molecular complexity index is 347. The van der Waals surface area contributed by atoms with Gasteiger partial charge in [0.1, 0.15) is 0 Å². The molecule has 1 aromatic rings. The van der Waals surface area contributed by atoms with Crippen molar-refractivity contribution in [2.75, 3.05) is 0 Å². The van der Waals surface area contributed by atoms with Crippen molar-refractivity contribution in [2.24, 2.45) is 5.92 Å². The van der Waals surface area contributed by atoms with E-state index in [4.69, 9.17) is 5.41 Å². The van der Waals surface area contributed by atoms with E-state index in [-0.39, 0.29) is 5.92 Å². The van der Waals surface area contributed by atoms with Crippen molar-refractivity contribution in [1.29, 1.82) is 5.41 Å². The maximum atomic E-state index is 7.37. The zero-order valence-electron chi connectivity index (χ0n) is 9.80. The molecule has 0 saturated carbocycles. The monoisotopic (exact) mass is 204 g/mol. The van der Waals surface area contributed by atoms with Crippen LogP contribution in [0.25, 0.3) is 0 Å². The van der Waals surface area contributed by atoms with Crippen LogP contribution in [0.5, 0.6) is 0 Å². The van der Waals surface area contributed by atoms with Crippen LogP contribution >= 0.6 is 0 Å². The molecule has 1 aromatic heterocycles. The van der Waals surface area contributed by atoms with E-state index >= 15 is 0 Å². The smallest absolute Gasteiger partial charge is 0.0305 e. The van der Waals surface area contributed by atoms with E-state index in [2.05, 4.69) is 38.4 Å². The van der Waals surface area contributed by atoms with Crippen molar-refractivity contribution in [1.82, 2.24) is 4.98 Å². The quantitative estimate of drug-likeness (QED) is 0.544. The fourth-order valence-electron chi connectivity index (χ4n) is 1.71. The number of hydrogen-bond donors (Lipinski definition) is 2. The van der Waals surface area contributed by atoms with Gasteiger partial charge in [0.25, 0.3) is 0 Å². The maximum absolute atomic E-state index is 7.37. The number of rotatable bonds is 5. The van der Waals surface area contributed by atoms with Crippen molar-refractivity contribution in [3.8, 4) is 0 Å². The Hall–Kier alpha value is -1.31. The molecule has 2 heteroatoms. The van der Waals surface area contributed by atoms with Gasteiger partial charge in [-0.2, -0.15) is 0 Å². The van der Waals surface area contributed by atoms with Gasteiger partial charge in [-0.25, -0.2) is 0 Å². The molecule has 0 radical (unpaired) electrons. The van der Waals surface area contributed by atoms with E-state index in [9.17, 15) is 0 Å². The van der Waals surface area contributed by atoms with E-state index < -0.39 is 0 Å². The molecule has 1 unspecified atom stereocenters. The summed E-state index contributed by atoms with van der Waals surface area (Å²) < 4.78 is 0. The maximum Gasteiger partial charge on any atom is 0.0305 e. The van der Waals surface area contributed by atoms with Crippen LogP contribution in [0.1, 0.15) is 43.6 Å². The van der Waals surface area contributed by atoms with Gasteiger partial charge in [0.05, 0.1) is 0 Å². The van der Waals surface area contributed by atoms with Crippen LogP contribution < -0.4 is 0 Å². The van der Waals surface area contributed by atoms with Gasteiger partial charge in [0.15, 0.2) is 0 Å². The summed E-state index contributed by atoms with van der Waals surface area (Å²) in [6.07, 6.45) is 4.35. The minimum atomic E-state index is 0.280. The van der Waals surface area contributed by atoms with Crippen LogP contribution in [0.3, 0.4) is 0 Å². The lowest BCUT2D eigenvalue weighted by Gasteiger charge is -2.05. The highest BCUT2D eigenvalue weighted by Gasteiger charge is 2.11.